The summed E-state index contributed by atoms with van der Waals surface area (Å²) in [5.74, 6) is 1.87. The Labute approximate surface area is 234 Å². The van der Waals surface area contributed by atoms with E-state index in [0.29, 0.717) is 56.1 Å². The maximum atomic E-state index is 13.9. The lowest BCUT2D eigenvalue weighted by Gasteiger charge is -2.47. The number of nitrogens with two attached hydrogens (primary N) is 1. The van der Waals surface area contributed by atoms with Gasteiger partial charge in [0.05, 0.1) is 40.3 Å². The third-order valence-electron chi connectivity index (χ3n) is 7.22. The Morgan fingerprint density at radius 2 is 1.95 bits per heavy atom. The summed E-state index contributed by atoms with van der Waals surface area (Å²) in [5.41, 5.74) is 7.39. The van der Waals surface area contributed by atoms with E-state index >= 15 is 0 Å². The van der Waals surface area contributed by atoms with Crippen molar-refractivity contribution < 1.29 is 28.3 Å². The zero-order valence-electron chi connectivity index (χ0n) is 23.6. The number of amides is 2. The number of quaternary nitrogens is 1. The van der Waals surface area contributed by atoms with Crippen LogP contribution >= 0.6 is 0 Å². The molecule has 2 amide bonds. The van der Waals surface area contributed by atoms with E-state index in [1.165, 1.54) is 0 Å². The SMILES string of the molecule is CCCCOC(=O)[N+]1(Cc2ccc(OC)c(OC)c2)CCN(c2cc(C)nc(-n3ccnc3)n2)CC1CC(N)=O. The molecule has 12 heteroatoms. The van der Waals surface area contributed by atoms with Crippen LogP contribution in [0.3, 0.4) is 0 Å². The molecule has 1 aliphatic rings. The molecule has 4 rings (SSSR count). The Morgan fingerprint density at radius 3 is 2.62 bits per heavy atom. The molecule has 0 bridgehead atoms. The van der Waals surface area contributed by atoms with Crippen LogP contribution in [0.1, 0.15) is 37.4 Å². The Balaban J connectivity index is 1.71. The number of primary amides is 1. The second kappa shape index (κ2) is 12.8. The molecule has 214 valence electrons. The molecule has 3 aromatic rings. The zero-order valence-corrected chi connectivity index (χ0v) is 23.6. The van der Waals surface area contributed by atoms with Gasteiger partial charge in [0.1, 0.15) is 31.3 Å². The maximum absolute atomic E-state index is 13.9. The summed E-state index contributed by atoms with van der Waals surface area (Å²) in [4.78, 5) is 41.7. The molecule has 3 heterocycles. The molecule has 1 aromatic carbocycles. The number of carbonyl (C=O) groups excluding carboxylic acids is 2. The van der Waals surface area contributed by atoms with Crippen LogP contribution in [0.5, 0.6) is 11.5 Å². The standard InChI is InChI=1S/C28H37N7O5/c1-5-6-13-40-28(37)35(18-21-7-8-23(38-3)24(15-21)39-4)12-11-33(17-22(35)16-25(29)36)26-14-20(2)31-27(32-26)34-10-9-30-19-34/h7-10,14-15,19,22H,5-6,11-13,16-18H2,1-4H3,(H-,29,36)/p+1. The van der Waals surface area contributed by atoms with Crippen LogP contribution in [0, 0.1) is 6.92 Å². The number of ether oxygens (including phenoxy) is 3. The summed E-state index contributed by atoms with van der Waals surface area (Å²) >= 11 is 0. The molecule has 0 saturated carbocycles. The second-order valence-electron chi connectivity index (χ2n) is 9.98. The highest BCUT2D eigenvalue weighted by atomic mass is 16.6. The lowest BCUT2D eigenvalue weighted by atomic mass is 10.0. The fourth-order valence-electron chi connectivity index (χ4n) is 5.10. The third kappa shape index (κ3) is 6.33. The van der Waals surface area contributed by atoms with Crippen molar-refractivity contribution in [1.29, 1.82) is 0 Å². The molecule has 2 N–H and O–H groups in total. The van der Waals surface area contributed by atoms with Gasteiger partial charge in [0.2, 0.25) is 11.9 Å². The summed E-state index contributed by atoms with van der Waals surface area (Å²) in [6, 6.07) is 7.00. The van der Waals surface area contributed by atoms with E-state index < -0.39 is 11.9 Å². The zero-order chi connectivity index (χ0) is 28.7. The minimum atomic E-state index is -0.485. The minimum absolute atomic E-state index is 0.00507. The van der Waals surface area contributed by atoms with Gasteiger partial charge in [-0.05, 0) is 31.5 Å². The monoisotopic (exact) mass is 552 g/mol. The number of unbranched alkanes of at least 4 members (excludes halogenated alkanes) is 1. The summed E-state index contributed by atoms with van der Waals surface area (Å²) in [5, 5.41) is 0. The van der Waals surface area contributed by atoms with Crippen LogP contribution < -0.4 is 20.1 Å². The van der Waals surface area contributed by atoms with Gasteiger partial charge >= 0.3 is 6.09 Å². The Bertz CT molecular complexity index is 1320. The van der Waals surface area contributed by atoms with E-state index in [4.69, 9.17) is 24.9 Å². The van der Waals surface area contributed by atoms with Crippen molar-refractivity contribution in [3.05, 3.63) is 54.2 Å². The van der Waals surface area contributed by atoms with E-state index in [0.717, 1.165) is 24.1 Å². The van der Waals surface area contributed by atoms with Crippen molar-refractivity contribution in [2.24, 2.45) is 5.73 Å². The highest BCUT2D eigenvalue weighted by Gasteiger charge is 2.50. The molecular weight excluding hydrogens is 514 g/mol. The average Bonchev–Trinajstić information content (AvgIpc) is 3.48. The number of aryl methyl sites for hydroxylation is 1. The van der Waals surface area contributed by atoms with E-state index in [1.807, 2.05) is 38.1 Å². The van der Waals surface area contributed by atoms with Crippen LogP contribution in [0.4, 0.5) is 10.6 Å². The summed E-state index contributed by atoms with van der Waals surface area (Å²) < 4.78 is 18.4. The van der Waals surface area contributed by atoms with Gasteiger partial charge in [-0.2, -0.15) is 9.78 Å². The van der Waals surface area contributed by atoms with Crippen LogP contribution in [0.25, 0.3) is 5.95 Å². The number of benzene rings is 1. The van der Waals surface area contributed by atoms with Gasteiger partial charge in [-0.3, -0.25) is 9.36 Å². The van der Waals surface area contributed by atoms with Gasteiger partial charge in [-0.25, -0.2) is 14.5 Å². The molecule has 1 fully saturated rings. The highest BCUT2D eigenvalue weighted by molar-refractivity contribution is 5.75. The van der Waals surface area contributed by atoms with Gasteiger partial charge in [0.15, 0.2) is 11.5 Å². The van der Waals surface area contributed by atoms with Crippen molar-refractivity contribution in [2.75, 3.05) is 45.4 Å². The van der Waals surface area contributed by atoms with E-state index in [9.17, 15) is 9.59 Å². The molecule has 2 aromatic heterocycles. The van der Waals surface area contributed by atoms with E-state index in [2.05, 4.69) is 14.9 Å². The van der Waals surface area contributed by atoms with E-state index in [-0.39, 0.29) is 17.0 Å². The lowest BCUT2D eigenvalue weighted by molar-refractivity contribution is -0.896. The van der Waals surface area contributed by atoms with Crippen molar-refractivity contribution in [1.82, 2.24) is 19.5 Å². The van der Waals surface area contributed by atoms with Crippen LogP contribution in [0.15, 0.2) is 43.0 Å². The van der Waals surface area contributed by atoms with Crippen LogP contribution in [-0.4, -0.2) is 82.5 Å². The molecule has 2 atom stereocenters. The molecule has 40 heavy (non-hydrogen) atoms. The predicted octanol–water partition coefficient (Wildman–Crippen LogP) is 3.01. The predicted molar refractivity (Wildman–Crippen MR) is 148 cm³/mol. The van der Waals surface area contributed by atoms with Gasteiger partial charge in [0, 0.05) is 29.7 Å². The van der Waals surface area contributed by atoms with Gasteiger partial charge in [-0.1, -0.05) is 13.3 Å². The molecule has 0 radical (unpaired) electrons. The van der Waals surface area contributed by atoms with Crippen molar-refractivity contribution >= 4 is 17.8 Å². The molecule has 0 spiro atoms. The number of nitrogens with zero attached hydrogens (tertiary/aromatic N) is 6. The lowest BCUT2D eigenvalue weighted by Crippen LogP contribution is -2.68. The number of anilines is 1. The molecule has 1 saturated heterocycles. The normalized spacial score (nSPS) is 18.8. The Kier molecular flexibility index (Phi) is 9.20. The largest absolute Gasteiger partial charge is 0.516 e. The first kappa shape index (κ1) is 28.8. The smallest absolute Gasteiger partial charge is 0.493 e. The number of carbonyl (C=O) groups is 2. The number of rotatable bonds is 11. The van der Waals surface area contributed by atoms with Crippen molar-refractivity contribution in [2.45, 2.75) is 45.7 Å². The topological polar surface area (TPSA) is 135 Å². The van der Waals surface area contributed by atoms with E-state index in [1.54, 1.807) is 37.5 Å². The summed E-state index contributed by atoms with van der Waals surface area (Å²) in [6.45, 7) is 5.83. The molecule has 2 unspecified atom stereocenters. The number of hydrogen-bond acceptors (Lipinski definition) is 9. The summed E-state index contributed by atoms with van der Waals surface area (Å²) in [7, 11) is 3.15. The van der Waals surface area contributed by atoms with Gasteiger partial charge in [0.25, 0.3) is 0 Å². The number of aromatic nitrogens is 4. The van der Waals surface area contributed by atoms with Crippen molar-refractivity contribution in [3.63, 3.8) is 0 Å². The fourth-order valence-corrected chi connectivity index (χ4v) is 5.10. The quantitative estimate of drug-likeness (QED) is 0.281. The summed E-state index contributed by atoms with van der Waals surface area (Å²) in [6.07, 6.45) is 6.38. The highest BCUT2D eigenvalue weighted by Crippen LogP contribution is 2.34. The second-order valence-corrected chi connectivity index (χ2v) is 9.98. The average molecular weight is 553 g/mol. The first-order chi connectivity index (χ1) is 19.3. The number of imidazole rings is 1. The Hall–Kier alpha value is -4.19. The fraction of sp³-hybridized carbons (Fsp3) is 0.464. The minimum Gasteiger partial charge on any atom is -0.493 e. The third-order valence-corrected chi connectivity index (χ3v) is 7.22. The number of hydrogen-bond donors (Lipinski definition) is 1. The molecular formula is C28H38N7O5+. The Morgan fingerprint density at radius 1 is 1.15 bits per heavy atom. The van der Waals surface area contributed by atoms with Crippen LogP contribution in [-0.2, 0) is 16.1 Å². The molecule has 12 nitrogen and oxygen atoms in total. The maximum Gasteiger partial charge on any atom is 0.516 e. The molecule has 1 aliphatic heterocycles. The number of piperazine rings is 1. The number of methoxy groups -OCH3 is 2. The van der Waals surface area contributed by atoms with Gasteiger partial charge < -0.3 is 24.8 Å². The van der Waals surface area contributed by atoms with Crippen molar-refractivity contribution in [3.8, 4) is 17.4 Å². The van der Waals surface area contributed by atoms with Crippen LogP contribution in [0.2, 0.25) is 0 Å². The molecule has 0 aliphatic carbocycles. The van der Waals surface area contributed by atoms with Gasteiger partial charge in [-0.15, -0.1) is 0 Å². The first-order valence-corrected chi connectivity index (χ1v) is 13.4. The first-order valence-electron chi connectivity index (χ1n) is 13.4.